The maximum absolute atomic E-state index is 11.7. The molecule has 0 fully saturated rings. The molecule has 0 heterocycles. The highest BCUT2D eigenvalue weighted by Gasteiger charge is 2.27. The van der Waals surface area contributed by atoms with Crippen molar-refractivity contribution < 1.29 is 9.53 Å². The third kappa shape index (κ3) is 1.95. The summed E-state index contributed by atoms with van der Waals surface area (Å²) in [6, 6.07) is 8.57. The maximum atomic E-state index is 11.7. The van der Waals surface area contributed by atoms with E-state index in [0.717, 1.165) is 12.8 Å². The molecular weight excluding hydrogens is 202 g/mol. The molecule has 0 aliphatic heterocycles. The fourth-order valence-electron chi connectivity index (χ4n) is 2.34. The van der Waals surface area contributed by atoms with E-state index in [4.69, 9.17) is 4.74 Å². The molecule has 1 aromatic rings. The van der Waals surface area contributed by atoms with E-state index in [-0.39, 0.29) is 18.6 Å². The SMILES string of the molecule is COCC(=O)N(C)[C@@H]1CCc2ccccc21. The number of hydrogen-bond acceptors (Lipinski definition) is 2. The number of fused-ring (bicyclic) bond motifs is 1. The van der Waals surface area contributed by atoms with E-state index in [2.05, 4.69) is 18.2 Å². The molecule has 1 amide bonds. The topological polar surface area (TPSA) is 29.5 Å². The Kier molecular flexibility index (Phi) is 3.25. The Labute approximate surface area is 96.0 Å². The van der Waals surface area contributed by atoms with Crippen molar-refractivity contribution in [1.29, 1.82) is 0 Å². The van der Waals surface area contributed by atoms with Gasteiger partial charge < -0.3 is 9.64 Å². The summed E-state index contributed by atoms with van der Waals surface area (Å²) in [5.74, 6) is 0.0456. The van der Waals surface area contributed by atoms with Gasteiger partial charge in [-0.1, -0.05) is 24.3 Å². The van der Waals surface area contributed by atoms with Crippen molar-refractivity contribution in [3.63, 3.8) is 0 Å². The first-order valence-corrected chi connectivity index (χ1v) is 5.56. The minimum absolute atomic E-state index is 0.0456. The zero-order valence-electron chi connectivity index (χ0n) is 9.77. The van der Waals surface area contributed by atoms with Gasteiger partial charge in [0.2, 0.25) is 5.91 Å². The minimum Gasteiger partial charge on any atom is -0.375 e. The van der Waals surface area contributed by atoms with Gasteiger partial charge in [0.05, 0.1) is 6.04 Å². The van der Waals surface area contributed by atoms with Crippen molar-refractivity contribution in [1.82, 2.24) is 4.90 Å². The van der Waals surface area contributed by atoms with E-state index < -0.39 is 0 Å². The quantitative estimate of drug-likeness (QED) is 0.775. The molecule has 0 aromatic heterocycles. The molecule has 0 unspecified atom stereocenters. The van der Waals surface area contributed by atoms with Crippen molar-refractivity contribution in [2.75, 3.05) is 20.8 Å². The van der Waals surface area contributed by atoms with Crippen LogP contribution in [-0.2, 0) is 16.0 Å². The molecule has 3 heteroatoms. The Morgan fingerprint density at radius 2 is 2.25 bits per heavy atom. The van der Waals surface area contributed by atoms with E-state index >= 15 is 0 Å². The molecule has 3 nitrogen and oxygen atoms in total. The zero-order valence-corrected chi connectivity index (χ0v) is 9.77. The van der Waals surface area contributed by atoms with Crippen LogP contribution < -0.4 is 0 Å². The Morgan fingerprint density at radius 3 is 3.00 bits per heavy atom. The number of amides is 1. The highest BCUT2D eigenvalue weighted by molar-refractivity contribution is 5.77. The lowest BCUT2D eigenvalue weighted by Crippen LogP contribution is -2.32. The number of aryl methyl sites for hydroxylation is 1. The largest absolute Gasteiger partial charge is 0.375 e. The number of ether oxygens (including phenoxy) is 1. The molecule has 0 N–H and O–H groups in total. The van der Waals surface area contributed by atoms with Crippen LogP contribution in [0.2, 0.25) is 0 Å². The van der Waals surface area contributed by atoms with E-state index in [0.29, 0.717) is 0 Å². The Hall–Kier alpha value is -1.35. The number of benzene rings is 1. The van der Waals surface area contributed by atoms with Gasteiger partial charge in [-0.3, -0.25) is 4.79 Å². The molecule has 0 saturated carbocycles. The molecule has 16 heavy (non-hydrogen) atoms. The highest BCUT2D eigenvalue weighted by Crippen LogP contribution is 2.34. The second kappa shape index (κ2) is 4.66. The standard InChI is InChI=1S/C13H17NO2/c1-14(13(15)9-16-2)12-8-7-10-5-3-4-6-11(10)12/h3-6,12H,7-9H2,1-2H3/t12-/m1/s1. The minimum atomic E-state index is 0.0456. The highest BCUT2D eigenvalue weighted by atomic mass is 16.5. The van der Waals surface area contributed by atoms with Crippen molar-refractivity contribution in [3.8, 4) is 0 Å². The average Bonchev–Trinajstić information content (AvgIpc) is 2.72. The molecule has 0 radical (unpaired) electrons. The summed E-state index contributed by atoms with van der Waals surface area (Å²) in [5, 5.41) is 0. The zero-order chi connectivity index (χ0) is 11.5. The molecule has 2 rings (SSSR count). The van der Waals surface area contributed by atoms with Gasteiger partial charge in [-0.2, -0.15) is 0 Å². The van der Waals surface area contributed by atoms with Gasteiger partial charge in [0.1, 0.15) is 6.61 Å². The number of carbonyl (C=O) groups excluding carboxylic acids is 1. The number of likely N-dealkylation sites (N-methyl/N-ethyl adjacent to an activating group) is 1. The van der Waals surface area contributed by atoms with Crippen LogP contribution >= 0.6 is 0 Å². The Balaban J connectivity index is 2.15. The average molecular weight is 219 g/mol. The Morgan fingerprint density at radius 1 is 1.50 bits per heavy atom. The summed E-state index contributed by atoms with van der Waals surface area (Å²) in [7, 11) is 3.41. The van der Waals surface area contributed by atoms with Gasteiger partial charge in [0, 0.05) is 14.2 Å². The van der Waals surface area contributed by atoms with Crippen molar-refractivity contribution in [3.05, 3.63) is 35.4 Å². The molecule has 0 saturated heterocycles. The molecule has 1 aliphatic rings. The number of carbonyl (C=O) groups is 1. The van der Waals surface area contributed by atoms with Gasteiger partial charge in [-0.15, -0.1) is 0 Å². The Bertz CT molecular complexity index is 389. The first-order valence-electron chi connectivity index (χ1n) is 5.56. The molecule has 86 valence electrons. The van der Waals surface area contributed by atoms with E-state index in [9.17, 15) is 4.79 Å². The summed E-state index contributed by atoms with van der Waals surface area (Å²) in [5.41, 5.74) is 2.65. The molecule has 0 spiro atoms. The van der Waals surface area contributed by atoms with Crippen LogP contribution in [0.3, 0.4) is 0 Å². The lowest BCUT2D eigenvalue weighted by atomic mass is 10.1. The molecule has 1 atom stereocenters. The second-order valence-corrected chi connectivity index (χ2v) is 4.19. The number of nitrogens with zero attached hydrogens (tertiary/aromatic N) is 1. The van der Waals surface area contributed by atoms with Crippen LogP contribution in [0.15, 0.2) is 24.3 Å². The smallest absolute Gasteiger partial charge is 0.248 e. The fraction of sp³-hybridized carbons (Fsp3) is 0.462. The summed E-state index contributed by atoms with van der Waals surface area (Å²) < 4.78 is 4.88. The summed E-state index contributed by atoms with van der Waals surface area (Å²) in [4.78, 5) is 13.5. The summed E-state index contributed by atoms with van der Waals surface area (Å²) >= 11 is 0. The molecule has 1 aromatic carbocycles. The third-order valence-electron chi connectivity index (χ3n) is 3.23. The van der Waals surface area contributed by atoms with Crippen LogP contribution in [0.25, 0.3) is 0 Å². The van der Waals surface area contributed by atoms with Gasteiger partial charge in [-0.25, -0.2) is 0 Å². The number of hydrogen-bond donors (Lipinski definition) is 0. The summed E-state index contributed by atoms with van der Waals surface area (Å²) in [6.07, 6.45) is 2.08. The molecule has 0 bridgehead atoms. The lowest BCUT2D eigenvalue weighted by Gasteiger charge is -2.25. The van der Waals surface area contributed by atoms with Gasteiger partial charge in [0.25, 0.3) is 0 Å². The first kappa shape index (κ1) is 11.1. The van der Waals surface area contributed by atoms with E-state index in [1.807, 2.05) is 13.1 Å². The molecular formula is C13H17NO2. The van der Waals surface area contributed by atoms with Crippen LogP contribution in [0, 0.1) is 0 Å². The molecule has 1 aliphatic carbocycles. The van der Waals surface area contributed by atoms with Crippen molar-refractivity contribution in [2.45, 2.75) is 18.9 Å². The maximum Gasteiger partial charge on any atom is 0.248 e. The monoisotopic (exact) mass is 219 g/mol. The summed E-state index contributed by atoms with van der Waals surface area (Å²) in [6.45, 7) is 0.162. The first-order chi connectivity index (χ1) is 7.74. The van der Waals surface area contributed by atoms with E-state index in [1.54, 1.807) is 12.0 Å². The van der Waals surface area contributed by atoms with Crippen LogP contribution in [0.1, 0.15) is 23.6 Å². The van der Waals surface area contributed by atoms with Crippen LogP contribution in [0.4, 0.5) is 0 Å². The number of rotatable bonds is 3. The van der Waals surface area contributed by atoms with Gasteiger partial charge >= 0.3 is 0 Å². The normalized spacial score (nSPS) is 18.2. The second-order valence-electron chi connectivity index (χ2n) is 4.19. The predicted molar refractivity (Wildman–Crippen MR) is 62.2 cm³/mol. The third-order valence-corrected chi connectivity index (χ3v) is 3.23. The van der Waals surface area contributed by atoms with Crippen LogP contribution in [0.5, 0.6) is 0 Å². The predicted octanol–water partition coefficient (Wildman–Crippen LogP) is 1.78. The lowest BCUT2D eigenvalue weighted by molar-refractivity contribution is -0.136. The van der Waals surface area contributed by atoms with Gasteiger partial charge in [-0.05, 0) is 24.0 Å². The van der Waals surface area contributed by atoms with Gasteiger partial charge in [0.15, 0.2) is 0 Å². The number of methoxy groups -OCH3 is 1. The van der Waals surface area contributed by atoms with Crippen LogP contribution in [-0.4, -0.2) is 31.6 Å². The fourth-order valence-corrected chi connectivity index (χ4v) is 2.34. The van der Waals surface area contributed by atoms with E-state index in [1.165, 1.54) is 11.1 Å². The van der Waals surface area contributed by atoms with Crippen molar-refractivity contribution in [2.24, 2.45) is 0 Å². The van der Waals surface area contributed by atoms with Crippen molar-refractivity contribution >= 4 is 5.91 Å².